The van der Waals surface area contributed by atoms with Crippen molar-refractivity contribution >= 4 is 17.3 Å². The van der Waals surface area contributed by atoms with Crippen molar-refractivity contribution in [3.8, 4) is 16.7 Å². The summed E-state index contributed by atoms with van der Waals surface area (Å²) in [7, 11) is 0. The highest BCUT2D eigenvalue weighted by atomic mass is 32.1. The van der Waals surface area contributed by atoms with E-state index in [0.717, 1.165) is 23.4 Å². The maximum atomic E-state index is 5.62. The number of nitrogens with zero attached hydrogens (tertiary/aromatic N) is 3. The molecule has 2 rings (SSSR count). The first kappa shape index (κ1) is 14.7. The first-order chi connectivity index (χ1) is 9.60. The lowest BCUT2D eigenvalue weighted by Gasteiger charge is -2.11. The summed E-state index contributed by atoms with van der Waals surface area (Å²) >= 11 is 1.63. The molecule has 2 aromatic heterocycles. The number of anilines is 1. The Kier molecular flexibility index (Phi) is 4.89. The molecule has 5 nitrogen and oxygen atoms in total. The molecule has 1 N–H and O–H groups in total. The fraction of sp³-hybridized carbons (Fsp3) is 0.500. The molecule has 0 aromatic carbocycles. The van der Waals surface area contributed by atoms with E-state index >= 15 is 0 Å². The fourth-order valence-corrected chi connectivity index (χ4v) is 2.50. The molecule has 0 amide bonds. The van der Waals surface area contributed by atoms with Gasteiger partial charge in [-0.15, -0.1) is 11.3 Å². The summed E-state index contributed by atoms with van der Waals surface area (Å²) in [5, 5.41) is 5.23. The molecule has 20 heavy (non-hydrogen) atoms. The molecule has 0 aliphatic heterocycles. The van der Waals surface area contributed by atoms with Crippen LogP contribution in [0.2, 0.25) is 0 Å². The molecule has 6 heteroatoms. The van der Waals surface area contributed by atoms with E-state index in [-0.39, 0.29) is 6.10 Å². The maximum absolute atomic E-state index is 5.62. The van der Waals surface area contributed by atoms with Gasteiger partial charge in [0.05, 0.1) is 11.0 Å². The molecule has 0 unspecified atom stereocenters. The second-order valence-electron chi connectivity index (χ2n) is 4.79. The van der Waals surface area contributed by atoms with Crippen molar-refractivity contribution in [2.24, 2.45) is 0 Å². The number of ether oxygens (including phenoxy) is 1. The molecule has 0 radical (unpaired) electrons. The number of thiophene rings is 1. The van der Waals surface area contributed by atoms with Crippen molar-refractivity contribution in [1.29, 1.82) is 0 Å². The van der Waals surface area contributed by atoms with E-state index in [1.165, 1.54) is 0 Å². The van der Waals surface area contributed by atoms with Crippen LogP contribution in [-0.4, -0.2) is 27.6 Å². The third-order valence-corrected chi connectivity index (χ3v) is 3.57. The summed E-state index contributed by atoms with van der Waals surface area (Å²) in [6, 6.07) is 2.43. The van der Waals surface area contributed by atoms with Gasteiger partial charge in [0.2, 0.25) is 5.95 Å². The molecule has 0 bridgehead atoms. The van der Waals surface area contributed by atoms with Gasteiger partial charge in [-0.2, -0.15) is 15.0 Å². The van der Waals surface area contributed by atoms with Crippen molar-refractivity contribution in [3.63, 3.8) is 0 Å². The van der Waals surface area contributed by atoms with Gasteiger partial charge in [0, 0.05) is 6.54 Å². The van der Waals surface area contributed by atoms with Gasteiger partial charge in [-0.25, -0.2) is 0 Å². The molecule has 0 aliphatic rings. The van der Waals surface area contributed by atoms with Gasteiger partial charge < -0.3 is 10.1 Å². The molecule has 0 fully saturated rings. The Morgan fingerprint density at radius 3 is 2.70 bits per heavy atom. The largest absolute Gasteiger partial charge is 0.461 e. The Morgan fingerprint density at radius 1 is 1.30 bits per heavy atom. The Bertz CT molecular complexity index is 568. The predicted molar refractivity (Wildman–Crippen MR) is 82.4 cm³/mol. The summed E-state index contributed by atoms with van der Waals surface area (Å²) in [6.45, 7) is 8.90. The minimum Gasteiger partial charge on any atom is -0.461 e. The molecular weight excluding hydrogens is 272 g/mol. The van der Waals surface area contributed by atoms with Crippen LogP contribution in [0.5, 0.6) is 6.01 Å². The third-order valence-electron chi connectivity index (χ3n) is 2.55. The van der Waals surface area contributed by atoms with E-state index in [1.54, 1.807) is 11.3 Å². The number of nitrogens with one attached hydrogen (secondary N) is 1. The summed E-state index contributed by atoms with van der Waals surface area (Å²) in [5.41, 5.74) is 1.16. The number of aryl methyl sites for hydroxylation is 1. The lowest BCUT2D eigenvalue weighted by molar-refractivity contribution is 0.222. The summed E-state index contributed by atoms with van der Waals surface area (Å²) in [6.07, 6.45) is 1.05. The molecule has 0 saturated carbocycles. The van der Waals surface area contributed by atoms with E-state index in [1.807, 2.05) is 19.2 Å². The smallest absolute Gasteiger partial charge is 0.322 e. The van der Waals surface area contributed by atoms with Crippen molar-refractivity contribution in [3.05, 3.63) is 17.0 Å². The Morgan fingerprint density at radius 2 is 2.10 bits per heavy atom. The molecule has 2 aromatic rings. The quantitative estimate of drug-likeness (QED) is 0.882. The first-order valence-corrected chi connectivity index (χ1v) is 7.69. The highest BCUT2D eigenvalue weighted by Gasteiger charge is 2.13. The van der Waals surface area contributed by atoms with Crippen molar-refractivity contribution in [1.82, 2.24) is 15.0 Å². The van der Waals surface area contributed by atoms with Gasteiger partial charge in [-0.05, 0) is 44.2 Å². The van der Waals surface area contributed by atoms with Crippen LogP contribution < -0.4 is 10.1 Å². The molecular formula is C14H20N4OS. The van der Waals surface area contributed by atoms with Crippen LogP contribution in [0.15, 0.2) is 11.4 Å². The van der Waals surface area contributed by atoms with Crippen molar-refractivity contribution < 1.29 is 4.74 Å². The van der Waals surface area contributed by atoms with Crippen LogP contribution in [0, 0.1) is 6.92 Å². The van der Waals surface area contributed by atoms with Gasteiger partial charge in [0.15, 0.2) is 5.82 Å². The molecule has 108 valence electrons. The molecule has 0 spiro atoms. The van der Waals surface area contributed by atoms with Crippen molar-refractivity contribution in [2.75, 3.05) is 11.9 Å². The van der Waals surface area contributed by atoms with Crippen LogP contribution in [0.1, 0.15) is 32.8 Å². The Balaban J connectivity index is 2.37. The Labute approximate surface area is 123 Å². The van der Waals surface area contributed by atoms with E-state index in [2.05, 4.69) is 40.2 Å². The monoisotopic (exact) mass is 292 g/mol. The number of aromatic nitrogens is 3. The highest BCUT2D eigenvalue weighted by molar-refractivity contribution is 7.13. The predicted octanol–water partition coefficient (Wildman–Crippen LogP) is 3.52. The summed E-state index contributed by atoms with van der Waals surface area (Å²) in [5.74, 6) is 1.24. The van der Waals surface area contributed by atoms with Crippen molar-refractivity contribution in [2.45, 2.75) is 40.2 Å². The summed E-state index contributed by atoms with van der Waals surface area (Å²) < 4.78 is 5.62. The second kappa shape index (κ2) is 6.65. The van der Waals surface area contributed by atoms with E-state index in [9.17, 15) is 0 Å². The van der Waals surface area contributed by atoms with Crippen LogP contribution in [0.25, 0.3) is 10.7 Å². The molecule has 0 aliphatic carbocycles. The lowest BCUT2D eigenvalue weighted by atomic mass is 10.3. The maximum Gasteiger partial charge on any atom is 0.322 e. The molecule has 0 saturated heterocycles. The van der Waals surface area contributed by atoms with Crippen LogP contribution in [-0.2, 0) is 0 Å². The SMILES string of the molecule is CCCNc1nc(OC(C)C)nc(-c2sccc2C)n1. The van der Waals surface area contributed by atoms with E-state index < -0.39 is 0 Å². The fourth-order valence-electron chi connectivity index (χ4n) is 1.64. The molecule has 2 heterocycles. The Hall–Kier alpha value is -1.69. The van der Waals surface area contributed by atoms with Gasteiger partial charge in [-0.3, -0.25) is 0 Å². The number of rotatable bonds is 6. The minimum atomic E-state index is 0.0358. The van der Waals surface area contributed by atoms with E-state index in [4.69, 9.17) is 4.74 Å². The van der Waals surface area contributed by atoms with Crippen LogP contribution in [0.4, 0.5) is 5.95 Å². The van der Waals surface area contributed by atoms with Gasteiger partial charge >= 0.3 is 6.01 Å². The lowest BCUT2D eigenvalue weighted by Crippen LogP contribution is -2.12. The zero-order valence-corrected chi connectivity index (χ0v) is 13.1. The zero-order valence-electron chi connectivity index (χ0n) is 12.3. The topological polar surface area (TPSA) is 59.9 Å². The minimum absolute atomic E-state index is 0.0358. The summed E-state index contributed by atoms with van der Waals surface area (Å²) in [4.78, 5) is 14.2. The average Bonchev–Trinajstić information content (AvgIpc) is 2.81. The standard InChI is InChI=1S/C14H20N4OS/c1-5-7-15-13-16-12(11-10(4)6-8-20-11)17-14(18-13)19-9(2)3/h6,8-9H,5,7H2,1-4H3,(H,15,16,17,18). The third kappa shape index (κ3) is 3.66. The number of hydrogen-bond acceptors (Lipinski definition) is 6. The zero-order chi connectivity index (χ0) is 14.5. The number of hydrogen-bond donors (Lipinski definition) is 1. The average molecular weight is 292 g/mol. The highest BCUT2D eigenvalue weighted by Crippen LogP contribution is 2.27. The van der Waals surface area contributed by atoms with Crippen LogP contribution >= 0.6 is 11.3 Å². The van der Waals surface area contributed by atoms with Gasteiger partial charge in [0.25, 0.3) is 0 Å². The van der Waals surface area contributed by atoms with Gasteiger partial charge in [0.1, 0.15) is 0 Å². The van der Waals surface area contributed by atoms with Gasteiger partial charge in [-0.1, -0.05) is 6.92 Å². The second-order valence-corrected chi connectivity index (χ2v) is 5.71. The van der Waals surface area contributed by atoms with E-state index in [0.29, 0.717) is 17.8 Å². The first-order valence-electron chi connectivity index (χ1n) is 6.81. The normalized spacial score (nSPS) is 10.8. The molecule has 0 atom stereocenters. The van der Waals surface area contributed by atoms with Crippen LogP contribution in [0.3, 0.4) is 0 Å².